The molecule has 0 heterocycles. The minimum Gasteiger partial charge on any atom is -0.102 e. The topological polar surface area (TPSA) is 0 Å². The van der Waals surface area contributed by atoms with Gasteiger partial charge in [-0.3, -0.25) is 0 Å². The van der Waals surface area contributed by atoms with Crippen molar-refractivity contribution in [2.45, 2.75) is 52.9 Å². The summed E-state index contributed by atoms with van der Waals surface area (Å²) in [4.78, 5) is 0. The predicted octanol–water partition coefficient (Wildman–Crippen LogP) is 4.97. The van der Waals surface area contributed by atoms with Crippen LogP contribution in [0.3, 0.4) is 0 Å². The lowest BCUT2D eigenvalue weighted by atomic mass is 9.84. The third-order valence-electron chi connectivity index (χ3n) is 3.08. The fourth-order valence-corrected chi connectivity index (χ4v) is 1.82. The third-order valence-corrected chi connectivity index (χ3v) is 3.08. The van der Waals surface area contributed by atoms with Crippen molar-refractivity contribution in [1.29, 1.82) is 0 Å². The molecule has 0 spiro atoms. The maximum Gasteiger partial charge on any atom is -0.000309 e. The summed E-state index contributed by atoms with van der Waals surface area (Å²) in [5.74, 6) is 1.22. The van der Waals surface area contributed by atoms with E-state index in [1.54, 1.807) is 0 Å². The average molecular weight is 194 g/mol. The normalized spacial score (nSPS) is 14.8. The van der Waals surface area contributed by atoms with Crippen LogP contribution in [0.2, 0.25) is 0 Å². The van der Waals surface area contributed by atoms with Crippen LogP contribution in [0.4, 0.5) is 0 Å². The minimum absolute atomic E-state index is 0.525. The van der Waals surface area contributed by atoms with Gasteiger partial charge in [-0.05, 0) is 24.7 Å². The number of allylic oxidation sites excluding steroid dienone is 2. The van der Waals surface area contributed by atoms with E-state index in [0.29, 0.717) is 11.8 Å². The Bertz CT molecular complexity index is 167. The van der Waals surface area contributed by atoms with Gasteiger partial charge in [0.2, 0.25) is 0 Å². The van der Waals surface area contributed by atoms with E-state index in [1.165, 1.54) is 37.7 Å². The molecule has 0 saturated heterocycles. The lowest BCUT2D eigenvalue weighted by Crippen LogP contribution is -2.10. The highest BCUT2D eigenvalue weighted by Crippen LogP contribution is 2.26. The van der Waals surface area contributed by atoms with Crippen LogP contribution in [0.5, 0.6) is 0 Å². The van der Waals surface area contributed by atoms with E-state index in [4.69, 9.17) is 0 Å². The van der Waals surface area contributed by atoms with E-state index in [1.807, 2.05) is 0 Å². The summed E-state index contributed by atoms with van der Waals surface area (Å²) in [6.45, 7) is 14.9. The van der Waals surface area contributed by atoms with E-state index in [2.05, 4.69) is 40.0 Å². The van der Waals surface area contributed by atoms with Gasteiger partial charge in [0.05, 0.1) is 0 Å². The van der Waals surface area contributed by atoms with Crippen LogP contribution in [-0.4, -0.2) is 0 Å². The van der Waals surface area contributed by atoms with Crippen molar-refractivity contribution >= 4 is 0 Å². The van der Waals surface area contributed by atoms with Gasteiger partial charge in [-0.1, -0.05) is 58.3 Å². The van der Waals surface area contributed by atoms with E-state index < -0.39 is 0 Å². The van der Waals surface area contributed by atoms with Gasteiger partial charge in [0, 0.05) is 0 Å². The molecule has 0 fully saturated rings. The first-order valence-electron chi connectivity index (χ1n) is 5.97. The Balaban J connectivity index is 3.98. The second-order valence-electron chi connectivity index (χ2n) is 4.26. The zero-order chi connectivity index (χ0) is 11.0. The van der Waals surface area contributed by atoms with Crippen molar-refractivity contribution in [3.63, 3.8) is 0 Å². The maximum atomic E-state index is 4.20. The summed E-state index contributed by atoms with van der Waals surface area (Å²) < 4.78 is 0. The molecule has 0 aromatic heterocycles. The fourth-order valence-electron chi connectivity index (χ4n) is 1.82. The van der Waals surface area contributed by atoms with Crippen LogP contribution in [-0.2, 0) is 0 Å². The summed E-state index contributed by atoms with van der Waals surface area (Å²) in [7, 11) is 0. The molecule has 0 bridgehead atoms. The van der Waals surface area contributed by atoms with Crippen molar-refractivity contribution in [2.75, 3.05) is 0 Å². The van der Waals surface area contributed by atoms with E-state index >= 15 is 0 Å². The van der Waals surface area contributed by atoms with Gasteiger partial charge < -0.3 is 0 Å². The summed E-state index contributed by atoms with van der Waals surface area (Å²) in [5.41, 5.74) is 1.38. The Morgan fingerprint density at radius 2 is 1.93 bits per heavy atom. The van der Waals surface area contributed by atoms with Gasteiger partial charge in [-0.2, -0.15) is 0 Å². The van der Waals surface area contributed by atoms with Crippen molar-refractivity contribution in [3.05, 3.63) is 24.8 Å². The fraction of sp³-hybridized carbons (Fsp3) is 0.714. The van der Waals surface area contributed by atoms with Crippen LogP contribution in [0.1, 0.15) is 52.9 Å². The Morgan fingerprint density at radius 3 is 2.36 bits per heavy atom. The van der Waals surface area contributed by atoms with Crippen LogP contribution in [0.15, 0.2) is 24.8 Å². The molecule has 0 aliphatic heterocycles. The molecule has 0 amide bonds. The summed E-state index contributed by atoms with van der Waals surface area (Å²) >= 11 is 0. The lowest BCUT2D eigenvalue weighted by molar-refractivity contribution is 0.452. The van der Waals surface area contributed by atoms with Gasteiger partial charge >= 0.3 is 0 Å². The molecule has 0 nitrogen and oxygen atoms in total. The Hall–Kier alpha value is -0.520. The first-order valence-corrected chi connectivity index (χ1v) is 5.97. The molecule has 2 unspecified atom stereocenters. The Labute approximate surface area is 90.1 Å². The molecule has 0 saturated carbocycles. The van der Waals surface area contributed by atoms with Crippen molar-refractivity contribution in [1.82, 2.24) is 0 Å². The quantitative estimate of drug-likeness (QED) is 0.378. The number of rotatable bonds is 8. The molecule has 14 heavy (non-hydrogen) atoms. The maximum absolute atomic E-state index is 4.20. The smallest absolute Gasteiger partial charge is 0.000309 e. The molecule has 82 valence electrons. The highest BCUT2D eigenvalue weighted by Gasteiger charge is 2.14. The Kier molecular flexibility index (Phi) is 7.55. The van der Waals surface area contributed by atoms with E-state index in [-0.39, 0.29) is 0 Å². The molecule has 0 heteroatoms. The standard InChI is InChI=1S/C14H26/c1-6-9-10-11-13(5)14(8-3)12(4)7-2/h8,12,14H,3,5-7,9-11H2,1-2,4H3. The second-order valence-corrected chi connectivity index (χ2v) is 4.26. The molecule has 0 rings (SSSR count). The van der Waals surface area contributed by atoms with Crippen LogP contribution in [0.25, 0.3) is 0 Å². The zero-order valence-electron chi connectivity index (χ0n) is 10.2. The Morgan fingerprint density at radius 1 is 1.29 bits per heavy atom. The first-order chi connectivity index (χ1) is 6.67. The van der Waals surface area contributed by atoms with Gasteiger partial charge in [0.15, 0.2) is 0 Å². The molecule has 0 aromatic rings. The number of hydrogen-bond donors (Lipinski definition) is 0. The summed E-state index contributed by atoms with van der Waals surface area (Å²) in [5, 5.41) is 0. The van der Waals surface area contributed by atoms with Crippen LogP contribution in [0, 0.1) is 11.8 Å². The third kappa shape index (κ3) is 4.64. The lowest BCUT2D eigenvalue weighted by Gasteiger charge is -2.21. The van der Waals surface area contributed by atoms with Gasteiger partial charge in [0.1, 0.15) is 0 Å². The van der Waals surface area contributed by atoms with Crippen LogP contribution >= 0.6 is 0 Å². The zero-order valence-corrected chi connectivity index (χ0v) is 10.2. The minimum atomic E-state index is 0.525. The van der Waals surface area contributed by atoms with E-state index in [0.717, 1.165) is 0 Å². The monoisotopic (exact) mass is 194 g/mol. The number of hydrogen-bond acceptors (Lipinski definition) is 0. The first kappa shape index (κ1) is 13.5. The van der Waals surface area contributed by atoms with Crippen LogP contribution < -0.4 is 0 Å². The van der Waals surface area contributed by atoms with Gasteiger partial charge in [0.25, 0.3) is 0 Å². The highest BCUT2D eigenvalue weighted by atomic mass is 14.2. The average Bonchev–Trinajstić information content (AvgIpc) is 2.19. The molecule has 0 aromatic carbocycles. The molecule has 2 atom stereocenters. The molecule has 0 aliphatic carbocycles. The van der Waals surface area contributed by atoms with E-state index in [9.17, 15) is 0 Å². The van der Waals surface area contributed by atoms with Crippen molar-refractivity contribution in [3.8, 4) is 0 Å². The molecule has 0 N–H and O–H groups in total. The highest BCUT2D eigenvalue weighted by molar-refractivity contribution is 5.09. The SMILES string of the molecule is C=CC(C(=C)CCCCC)C(C)CC. The van der Waals surface area contributed by atoms with Gasteiger partial charge in [-0.15, -0.1) is 6.58 Å². The van der Waals surface area contributed by atoms with Crippen molar-refractivity contribution in [2.24, 2.45) is 11.8 Å². The number of unbranched alkanes of at least 4 members (excludes halogenated alkanes) is 2. The molecular formula is C14H26. The largest absolute Gasteiger partial charge is 0.102 e. The predicted molar refractivity (Wildman–Crippen MR) is 66.4 cm³/mol. The second kappa shape index (κ2) is 7.84. The molecule has 0 aliphatic rings. The van der Waals surface area contributed by atoms with Gasteiger partial charge in [-0.25, -0.2) is 0 Å². The summed E-state index contributed by atoms with van der Waals surface area (Å²) in [6.07, 6.45) is 8.36. The molecular weight excluding hydrogens is 168 g/mol. The molecule has 0 radical (unpaired) electrons. The van der Waals surface area contributed by atoms with Crippen molar-refractivity contribution < 1.29 is 0 Å². The summed E-state index contributed by atoms with van der Waals surface area (Å²) in [6, 6.07) is 0.